The molecule has 8 heteroatoms. The van der Waals surface area contributed by atoms with Gasteiger partial charge in [0.05, 0.1) is 22.3 Å². The van der Waals surface area contributed by atoms with E-state index in [1.807, 2.05) is 0 Å². The lowest BCUT2D eigenvalue weighted by Gasteiger charge is -2.09. The van der Waals surface area contributed by atoms with E-state index in [2.05, 4.69) is 4.74 Å². The Labute approximate surface area is 115 Å². The van der Waals surface area contributed by atoms with Gasteiger partial charge in [-0.2, -0.15) is 0 Å². The lowest BCUT2D eigenvalue weighted by Crippen LogP contribution is -2.22. The van der Waals surface area contributed by atoms with Crippen molar-refractivity contribution in [2.24, 2.45) is 0 Å². The van der Waals surface area contributed by atoms with Crippen molar-refractivity contribution in [2.45, 2.75) is 19.1 Å². The highest BCUT2D eigenvalue weighted by molar-refractivity contribution is 7.91. The van der Waals surface area contributed by atoms with Crippen LogP contribution in [-0.4, -0.2) is 32.0 Å². The minimum absolute atomic E-state index is 0.379. The Bertz CT molecular complexity index is 614. The molecular weight excluding hydrogens is 292 g/mol. The number of rotatable bonds is 5. The van der Waals surface area contributed by atoms with E-state index in [-0.39, 0.29) is 5.75 Å². The molecule has 0 radical (unpaired) electrons. The monoisotopic (exact) mass is 307 g/mol. The molecule has 0 aliphatic rings. The molecule has 0 aromatic heterocycles. The number of nitrogens with two attached hydrogens (primary N) is 1. The maximum atomic E-state index is 13.4. The fourth-order valence-corrected chi connectivity index (χ4v) is 2.07. The Morgan fingerprint density at radius 3 is 2.45 bits per heavy atom. The van der Waals surface area contributed by atoms with Gasteiger partial charge in [0.1, 0.15) is 18.2 Å². The van der Waals surface area contributed by atoms with Crippen LogP contribution >= 0.6 is 0 Å². The topological polar surface area (TPSA) is 86.5 Å². The van der Waals surface area contributed by atoms with Gasteiger partial charge in [-0.15, -0.1) is 0 Å². The van der Waals surface area contributed by atoms with Crippen LogP contribution in [0.15, 0.2) is 12.1 Å². The lowest BCUT2D eigenvalue weighted by atomic mass is 10.2. The van der Waals surface area contributed by atoms with Crippen molar-refractivity contribution in [1.29, 1.82) is 0 Å². The van der Waals surface area contributed by atoms with E-state index in [4.69, 9.17) is 5.73 Å². The van der Waals surface area contributed by atoms with E-state index in [1.165, 1.54) is 13.8 Å². The van der Waals surface area contributed by atoms with Crippen molar-refractivity contribution in [2.75, 3.05) is 18.1 Å². The van der Waals surface area contributed by atoms with Crippen LogP contribution in [0.5, 0.6) is 0 Å². The predicted octanol–water partition coefficient (Wildman–Crippen LogP) is 1.53. The highest BCUT2D eigenvalue weighted by atomic mass is 32.2. The Hall–Kier alpha value is -1.70. The van der Waals surface area contributed by atoms with Crippen LogP contribution in [0.2, 0.25) is 0 Å². The maximum Gasteiger partial charge on any atom is 0.341 e. The number of esters is 1. The Balaban J connectivity index is 2.72. The molecule has 2 N–H and O–H groups in total. The van der Waals surface area contributed by atoms with Crippen molar-refractivity contribution in [3.63, 3.8) is 0 Å². The summed E-state index contributed by atoms with van der Waals surface area (Å²) in [5, 5.41) is -0.605. The van der Waals surface area contributed by atoms with Crippen LogP contribution in [0.4, 0.5) is 14.5 Å². The number of anilines is 1. The van der Waals surface area contributed by atoms with Gasteiger partial charge in [0.15, 0.2) is 9.84 Å². The molecule has 112 valence electrons. The van der Waals surface area contributed by atoms with Crippen molar-refractivity contribution < 1.29 is 26.7 Å². The number of benzene rings is 1. The average Bonchev–Trinajstić information content (AvgIpc) is 2.33. The SMILES string of the molecule is CC(C)S(=O)(=O)CCOC(=O)c1cc(F)c(N)cc1F. The Kier molecular flexibility index (Phi) is 5.04. The number of carbonyl (C=O) groups excluding carboxylic acids is 1. The summed E-state index contributed by atoms with van der Waals surface area (Å²) >= 11 is 0. The van der Waals surface area contributed by atoms with Gasteiger partial charge in [-0.1, -0.05) is 0 Å². The van der Waals surface area contributed by atoms with Crippen LogP contribution < -0.4 is 5.73 Å². The summed E-state index contributed by atoms with van der Waals surface area (Å²) in [6.45, 7) is 2.56. The summed E-state index contributed by atoms with van der Waals surface area (Å²) in [4.78, 5) is 11.5. The lowest BCUT2D eigenvalue weighted by molar-refractivity contribution is 0.0523. The third kappa shape index (κ3) is 3.89. The zero-order chi connectivity index (χ0) is 15.5. The molecule has 0 unspecified atom stereocenters. The fraction of sp³-hybridized carbons (Fsp3) is 0.417. The molecule has 0 amide bonds. The minimum atomic E-state index is -3.37. The summed E-state index contributed by atoms with van der Waals surface area (Å²) in [5.41, 5.74) is 4.08. The highest BCUT2D eigenvalue weighted by Gasteiger charge is 2.19. The van der Waals surface area contributed by atoms with Crippen molar-refractivity contribution in [1.82, 2.24) is 0 Å². The number of hydrogen-bond acceptors (Lipinski definition) is 5. The first kappa shape index (κ1) is 16.4. The number of nitrogen functional groups attached to an aromatic ring is 1. The summed E-state index contributed by atoms with van der Waals surface area (Å²) in [6.07, 6.45) is 0. The van der Waals surface area contributed by atoms with Gasteiger partial charge in [0.2, 0.25) is 0 Å². The summed E-state index contributed by atoms with van der Waals surface area (Å²) < 4.78 is 54.1. The van der Waals surface area contributed by atoms with Crippen LogP contribution in [0.1, 0.15) is 24.2 Å². The molecule has 1 aromatic rings. The van der Waals surface area contributed by atoms with Crippen LogP contribution in [0, 0.1) is 11.6 Å². The molecule has 1 rings (SSSR count). The molecule has 0 saturated carbocycles. The Morgan fingerprint density at radius 2 is 1.90 bits per heavy atom. The first-order valence-corrected chi connectivity index (χ1v) is 7.50. The molecule has 5 nitrogen and oxygen atoms in total. The van der Waals surface area contributed by atoms with Gasteiger partial charge in [0.25, 0.3) is 0 Å². The van der Waals surface area contributed by atoms with E-state index < -0.39 is 50.5 Å². The quantitative estimate of drug-likeness (QED) is 0.658. The number of sulfone groups is 1. The highest BCUT2D eigenvalue weighted by Crippen LogP contribution is 2.17. The van der Waals surface area contributed by atoms with E-state index in [1.54, 1.807) is 0 Å². The number of halogens is 2. The van der Waals surface area contributed by atoms with Crippen molar-refractivity contribution in [3.8, 4) is 0 Å². The molecule has 1 aromatic carbocycles. The second-order valence-corrected chi connectivity index (χ2v) is 7.08. The molecule has 20 heavy (non-hydrogen) atoms. The van der Waals surface area contributed by atoms with E-state index in [9.17, 15) is 22.0 Å². The molecule has 0 fully saturated rings. The first-order chi connectivity index (χ1) is 9.15. The van der Waals surface area contributed by atoms with Gasteiger partial charge >= 0.3 is 5.97 Å². The Morgan fingerprint density at radius 1 is 1.30 bits per heavy atom. The fourth-order valence-electron chi connectivity index (χ4n) is 1.28. The zero-order valence-electron chi connectivity index (χ0n) is 11.0. The molecule has 0 aliphatic carbocycles. The van der Waals surface area contributed by atoms with Gasteiger partial charge in [-0.3, -0.25) is 0 Å². The maximum absolute atomic E-state index is 13.4. The number of ether oxygens (including phenoxy) is 1. The molecule has 0 atom stereocenters. The third-order valence-electron chi connectivity index (χ3n) is 2.63. The van der Waals surface area contributed by atoms with Gasteiger partial charge < -0.3 is 10.5 Å². The normalized spacial score (nSPS) is 11.7. The van der Waals surface area contributed by atoms with Crippen LogP contribution in [0.3, 0.4) is 0 Å². The van der Waals surface area contributed by atoms with E-state index in [0.29, 0.717) is 12.1 Å². The summed E-state index contributed by atoms with van der Waals surface area (Å²) in [6, 6.07) is 1.28. The molecule has 0 aliphatic heterocycles. The zero-order valence-corrected chi connectivity index (χ0v) is 11.8. The van der Waals surface area contributed by atoms with E-state index in [0.717, 1.165) is 0 Å². The van der Waals surface area contributed by atoms with Crippen molar-refractivity contribution >= 4 is 21.5 Å². The summed E-state index contributed by atoms with van der Waals surface area (Å²) in [7, 11) is -3.37. The summed E-state index contributed by atoms with van der Waals surface area (Å²) in [5.74, 6) is -3.50. The van der Waals surface area contributed by atoms with Gasteiger partial charge in [0, 0.05) is 6.07 Å². The minimum Gasteiger partial charge on any atom is -0.461 e. The molecule has 0 heterocycles. The van der Waals surface area contributed by atoms with Crippen LogP contribution in [-0.2, 0) is 14.6 Å². The standard InChI is InChI=1S/C12H15F2NO4S/c1-7(2)20(17,18)4-3-19-12(16)8-5-10(14)11(15)6-9(8)13/h5-7H,3-4,15H2,1-2H3. The third-order valence-corrected chi connectivity index (χ3v) is 4.80. The van der Waals surface area contributed by atoms with Gasteiger partial charge in [-0.25, -0.2) is 22.0 Å². The second kappa shape index (κ2) is 6.17. The largest absolute Gasteiger partial charge is 0.461 e. The number of hydrogen-bond donors (Lipinski definition) is 1. The van der Waals surface area contributed by atoms with Gasteiger partial charge in [-0.05, 0) is 19.9 Å². The first-order valence-electron chi connectivity index (χ1n) is 5.78. The number of carbonyl (C=O) groups is 1. The molecule has 0 saturated heterocycles. The average molecular weight is 307 g/mol. The molecular formula is C12H15F2NO4S. The molecule has 0 bridgehead atoms. The smallest absolute Gasteiger partial charge is 0.341 e. The second-order valence-electron chi connectivity index (χ2n) is 4.41. The predicted molar refractivity (Wildman–Crippen MR) is 70.0 cm³/mol. The van der Waals surface area contributed by atoms with Crippen LogP contribution in [0.25, 0.3) is 0 Å². The van der Waals surface area contributed by atoms with Crippen molar-refractivity contribution in [3.05, 3.63) is 29.3 Å². The van der Waals surface area contributed by atoms with E-state index >= 15 is 0 Å². The molecule has 0 spiro atoms.